The topological polar surface area (TPSA) is 128 Å². The molecule has 1 saturated heterocycles. The number of hydrogen-bond donors (Lipinski definition) is 5. The Kier molecular flexibility index (Phi) is 10.6. The van der Waals surface area contributed by atoms with Crippen LogP contribution >= 0.6 is 0 Å². The molecule has 1 fully saturated rings. The number of hydrogen-bond acceptors (Lipinski definition) is 7. The van der Waals surface area contributed by atoms with Gasteiger partial charge in [0.15, 0.2) is 0 Å². The van der Waals surface area contributed by atoms with Crippen LogP contribution in [0.5, 0.6) is 0 Å². The fraction of sp³-hybridized carbons (Fsp3) is 0.524. The second-order valence-electron chi connectivity index (χ2n) is 14.9. The van der Waals surface area contributed by atoms with Crippen LogP contribution in [0.1, 0.15) is 113 Å². The fourth-order valence-electron chi connectivity index (χ4n) is 8.99. The van der Waals surface area contributed by atoms with E-state index < -0.39 is 18.0 Å². The van der Waals surface area contributed by atoms with Crippen molar-refractivity contribution < 1.29 is 24.2 Å². The molecular formula is C42H56N4O5. The maximum atomic E-state index is 13.5. The minimum absolute atomic E-state index is 0.0226. The van der Waals surface area contributed by atoms with Crippen LogP contribution in [-0.4, -0.2) is 46.8 Å². The van der Waals surface area contributed by atoms with Gasteiger partial charge in [0.1, 0.15) is 12.5 Å². The molecule has 0 saturated carbocycles. The van der Waals surface area contributed by atoms with E-state index in [1.54, 1.807) is 0 Å². The Balaban J connectivity index is 1.52. The number of ether oxygens (including phenoxy) is 2. The normalized spacial score (nSPS) is 28.0. The van der Waals surface area contributed by atoms with Gasteiger partial charge in [-0.1, -0.05) is 39.7 Å². The van der Waals surface area contributed by atoms with Crippen molar-refractivity contribution in [3.05, 3.63) is 84.7 Å². The molecular weight excluding hydrogens is 640 g/mol. The molecule has 0 radical (unpaired) electrons. The third-order valence-corrected chi connectivity index (χ3v) is 12.0. The first-order valence-electron chi connectivity index (χ1n) is 18.8. The summed E-state index contributed by atoms with van der Waals surface area (Å²) in [6, 6.07) is -0.339. The summed E-state index contributed by atoms with van der Waals surface area (Å²) in [7, 11) is 1.37. The molecule has 5 heterocycles. The van der Waals surface area contributed by atoms with Crippen LogP contribution < -0.4 is 21.3 Å². The molecule has 4 aliphatic rings. The molecule has 6 atom stereocenters. The van der Waals surface area contributed by atoms with Gasteiger partial charge in [-0.25, -0.2) is 0 Å². The summed E-state index contributed by atoms with van der Waals surface area (Å²) < 4.78 is 11.0. The molecule has 0 aromatic carbocycles. The van der Waals surface area contributed by atoms with E-state index in [0.29, 0.717) is 6.42 Å². The number of H-pyrrole nitrogens is 2. The summed E-state index contributed by atoms with van der Waals surface area (Å²) in [4.78, 5) is 34.0. The Labute approximate surface area is 302 Å². The molecule has 5 N–H and O–H groups in total. The first kappa shape index (κ1) is 36.5. The van der Waals surface area contributed by atoms with Crippen LogP contribution in [0.2, 0.25) is 0 Å². The average Bonchev–Trinajstić information content (AvgIpc) is 3.84. The number of nitrogens with one attached hydrogen (secondary N) is 4. The summed E-state index contributed by atoms with van der Waals surface area (Å²) in [5, 5.41) is 21.2. The van der Waals surface area contributed by atoms with Crippen LogP contribution in [0.25, 0.3) is 17.7 Å². The molecule has 9 nitrogen and oxygen atoms in total. The minimum atomic E-state index is -1.07. The van der Waals surface area contributed by atoms with Crippen LogP contribution in [-0.2, 0) is 25.5 Å². The van der Waals surface area contributed by atoms with Gasteiger partial charge in [0.2, 0.25) is 0 Å². The van der Waals surface area contributed by atoms with Crippen molar-refractivity contribution in [3.63, 3.8) is 0 Å². The molecule has 274 valence electrons. The highest BCUT2D eigenvalue weighted by molar-refractivity contribution is 5.88. The van der Waals surface area contributed by atoms with Crippen LogP contribution in [0.3, 0.4) is 0 Å². The molecule has 6 rings (SSSR count). The molecule has 2 aromatic rings. The highest BCUT2D eigenvalue weighted by Crippen LogP contribution is 2.45. The number of fused-ring (bicyclic) bond motifs is 8. The van der Waals surface area contributed by atoms with E-state index in [9.17, 15) is 14.7 Å². The number of carbonyl (C=O) groups is 2. The molecule has 1 unspecified atom stereocenters. The standard InChI is InChI=1S/C42H56N4O5/c1-10-13-21(4)16-17-51-35(47)15-14-28-24(7)31-18-29-22(5)26(11-2)33(43-29)19-30-23(6)27(12-3)34(44-30)20-32-25(8)36-40(46-32)37(39(28)45-31)38(41(36)48)42(49)50-9/h16,18-20,24,26,28,38-39,41,43-46,48H,10-15,17H2,1-9H3/b21-16-,31-18-,32-20-,33-19-/t24-,26+,28-,38+,39?,41+/m0/s1. The highest BCUT2D eigenvalue weighted by Gasteiger charge is 2.49. The van der Waals surface area contributed by atoms with Gasteiger partial charge >= 0.3 is 11.9 Å². The van der Waals surface area contributed by atoms with Crippen molar-refractivity contribution in [3.8, 4) is 0 Å². The summed E-state index contributed by atoms with van der Waals surface area (Å²) in [6.07, 6.45) is 12.2. The van der Waals surface area contributed by atoms with Gasteiger partial charge < -0.3 is 35.2 Å². The van der Waals surface area contributed by atoms with Crippen molar-refractivity contribution >= 4 is 29.7 Å². The number of aromatic nitrogens is 2. The largest absolute Gasteiger partial charge is 0.468 e. The third kappa shape index (κ3) is 6.54. The lowest BCUT2D eigenvalue weighted by Crippen LogP contribution is -2.37. The molecule has 8 bridgehead atoms. The Bertz CT molecular complexity index is 1970. The quantitative estimate of drug-likeness (QED) is 0.158. The van der Waals surface area contributed by atoms with Gasteiger partial charge in [0.25, 0.3) is 0 Å². The molecule has 51 heavy (non-hydrogen) atoms. The second-order valence-corrected chi connectivity index (χ2v) is 14.9. The third-order valence-electron chi connectivity index (χ3n) is 12.0. The Morgan fingerprint density at radius 3 is 2.43 bits per heavy atom. The summed E-state index contributed by atoms with van der Waals surface area (Å²) in [5.41, 5.74) is 12.7. The lowest BCUT2D eigenvalue weighted by Gasteiger charge is -2.27. The Hall–Kier alpha value is -4.24. The lowest BCUT2D eigenvalue weighted by molar-refractivity contribution is -0.147. The zero-order valence-corrected chi connectivity index (χ0v) is 31.8. The van der Waals surface area contributed by atoms with Gasteiger partial charge in [-0.15, -0.1) is 0 Å². The smallest absolute Gasteiger partial charge is 0.315 e. The van der Waals surface area contributed by atoms with E-state index in [4.69, 9.17) is 9.47 Å². The number of esters is 2. The van der Waals surface area contributed by atoms with Crippen molar-refractivity contribution in [1.82, 2.24) is 20.6 Å². The summed E-state index contributed by atoms with van der Waals surface area (Å²) >= 11 is 0. The van der Waals surface area contributed by atoms with Gasteiger partial charge in [-0.3, -0.25) is 9.59 Å². The van der Waals surface area contributed by atoms with Gasteiger partial charge in [-0.2, -0.15) is 0 Å². The molecule has 0 amide bonds. The number of methoxy groups -OCH3 is 1. The molecule has 0 spiro atoms. The van der Waals surface area contributed by atoms with E-state index >= 15 is 0 Å². The van der Waals surface area contributed by atoms with Crippen molar-refractivity contribution in [2.24, 2.45) is 23.7 Å². The van der Waals surface area contributed by atoms with E-state index in [1.165, 1.54) is 35.1 Å². The molecule has 1 aliphatic carbocycles. The van der Waals surface area contributed by atoms with Gasteiger partial charge in [-0.05, 0) is 111 Å². The highest BCUT2D eigenvalue weighted by atomic mass is 16.5. The summed E-state index contributed by atoms with van der Waals surface area (Å²) in [6.45, 7) is 17.4. The minimum Gasteiger partial charge on any atom is -0.468 e. The van der Waals surface area contributed by atoms with Gasteiger partial charge in [0.05, 0.1) is 19.3 Å². The Morgan fingerprint density at radius 1 is 0.980 bits per heavy atom. The number of aliphatic hydroxyl groups excluding tert-OH is 1. The van der Waals surface area contributed by atoms with Crippen LogP contribution in [0.4, 0.5) is 0 Å². The predicted octanol–water partition coefficient (Wildman–Crippen LogP) is 5.77. The van der Waals surface area contributed by atoms with Crippen molar-refractivity contribution in [2.75, 3.05) is 13.7 Å². The monoisotopic (exact) mass is 696 g/mol. The van der Waals surface area contributed by atoms with Crippen LogP contribution in [0.15, 0.2) is 40.4 Å². The predicted molar refractivity (Wildman–Crippen MR) is 201 cm³/mol. The van der Waals surface area contributed by atoms with E-state index in [2.05, 4.69) is 87.3 Å². The lowest BCUT2D eigenvalue weighted by atomic mass is 9.80. The zero-order valence-electron chi connectivity index (χ0n) is 31.8. The SMILES string of the molecule is CCC/C(C)=C\COC(=O)CC[C@@H]1C2N/C(=C\C3=C(C)[C@@H](CC)/C(=C/c4[nH]c(c(CC)c4C)/C=c4\[nH]c5c(c4C)[C@@H](O)[C@H](C(=O)OC)C=52)N3)[C@H]1C. The van der Waals surface area contributed by atoms with E-state index in [-0.39, 0.29) is 42.8 Å². The fourth-order valence-corrected chi connectivity index (χ4v) is 8.99. The average molecular weight is 697 g/mol. The van der Waals surface area contributed by atoms with E-state index in [0.717, 1.165) is 75.9 Å². The van der Waals surface area contributed by atoms with E-state index in [1.807, 2.05) is 13.0 Å². The van der Waals surface area contributed by atoms with Gasteiger partial charge in [0, 0.05) is 63.0 Å². The number of rotatable bonds is 10. The first-order chi connectivity index (χ1) is 24.4. The first-order valence-corrected chi connectivity index (χ1v) is 18.8. The second kappa shape index (κ2) is 14.8. The number of aliphatic hydroxyl groups is 1. The zero-order chi connectivity index (χ0) is 36.7. The number of aromatic amines is 2. The molecule has 3 aliphatic heterocycles. The van der Waals surface area contributed by atoms with Crippen LogP contribution in [0, 0.1) is 37.5 Å². The Morgan fingerprint density at radius 2 is 1.75 bits per heavy atom. The van der Waals surface area contributed by atoms with Crippen molar-refractivity contribution in [1.29, 1.82) is 0 Å². The number of allylic oxidation sites excluding steroid dienone is 4. The molecule has 9 heteroatoms. The maximum Gasteiger partial charge on any atom is 0.315 e. The summed E-state index contributed by atoms with van der Waals surface area (Å²) in [5.74, 6) is -1.39. The maximum absolute atomic E-state index is 13.5. The number of carbonyl (C=O) groups excluding carboxylic acids is 2. The molecule has 2 aromatic heterocycles. The van der Waals surface area contributed by atoms with Crippen molar-refractivity contribution in [2.45, 2.75) is 106 Å².